The molecule has 0 saturated carbocycles. The van der Waals surface area contributed by atoms with Crippen molar-refractivity contribution >= 4 is 0 Å². The molecular weight excluding hydrogens is 589 g/mol. The lowest BCUT2D eigenvalue weighted by atomic mass is 9.59. The fraction of sp³-hybridized carbons (Fsp3) is 0.256. The van der Waals surface area contributed by atoms with E-state index in [-0.39, 0.29) is 16.2 Å². The Morgan fingerprint density at radius 1 is 0.458 bits per heavy atom. The lowest BCUT2D eigenvalue weighted by Crippen LogP contribution is -2.42. The number of para-hydroxylation sites is 1. The van der Waals surface area contributed by atoms with Gasteiger partial charge in [0, 0.05) is 28.5 Å². The molecule has 2 heterocycles. The maximum Gasteiger partial charge on any atom is 0.165 e. The Morgan fingerprint density at radius 3 is 1.65 bits per heavy atom. The average Bonchev–Trinajstić information content (AvgIpc) is 3.23. The molecule has 0 radical (unpaired) electrons. The van der Waals surface area contributed by atoms with Crippen molar-refractivity contribution in [1.82, 2.24) is 19.9 Å². The summed E-state index contributed by atoms with van der Waals surface area (Å²) in [6.07, 6.45) is 1.87. The summed E-state index contributed by atoms with van der Waals surface area (Å²) in [6.45, 7) is 18.2. The molecule has 1 aliphatic rings. The number of rotatable bonds is 6. The zero-order chi connectivity index (χ0) is 34.1. The lowest BCUT2D eigenvalue weighted by molar-refractivity contribution is 0.125. The van der Waals surface area contributed by atoms with Gasteiger partial charge in [-0.15, -0.1) is 0 Å². The SMILES string of the molecule is CC.CC1(C)c2ccc(-c3ccc(-c4nc(-c5ccccc5)nc(-c5cccc(Oc6ccccc6)c5)n4)cn3)cc2C(C)(C)C1(C)C. The zero-order valence-corrected chi connectivity index (χ0v) is 29.2. The van der Waals surface area contributed by atoms with Gasteiger partial charge in [0.05, 0.1) is 5.69 Å². The third-order valence-corrected chi connectivity index (χ3v) is 10.5. The van der Waals surface area contributed by atoms with E-state index >= 15 is 0 Å². The summed E-state index contributed by atoms with van der Waals surface area (Å²) in [5.41, 5.74) is 7.65. The van der Waals surface area contributed by atoms with Gasteiger partial charge in [0.1, 0.15) is 11.5 Å². The molecule has 6 aromatic rings. The summed E-state index contributed by atoms with van der Waals surface area (Å²) in [4.78, 5) is 19.6. The molecule has 242 valence electrons. The van der Waals surface area contributed by atoms with Crippen LogP contribution in [0.5, 0.6) is 11.5 Å². The van der Waals surface area contributed by atoms with Gasteiger partial charge < -0.3 is 4.74 Å². The molecule has 5 heteroatoms. The van der Waals surface area contributed by atoms with Crippen LogP contribution in [0.2, 0.25) is 0 Å². The van der Waals surface area contributed by atoms with Crippen LogP contribution in [0.25, 0.3) is 45.4 Å². The Balaban J connectivity index is 0.00000197. The number of pyridine rings is 1. The van der Waals surface area contributed by atoms with E-state index in [4.69, 9.17) is 24.7 Å². The van der Waals surface area contributed by atoms with Crippen LogP contribution in [-0.2, 0) is 10.8 Å². The summed E-state index contributed by atoms with van der Waals surface area (Å²) in [7, 11) is 0. The first-order chi connectivity index (χ1) is 23.0. The van der Waals surface area contributed by atoms with Crippen LogP contribution in [0.3, 0.4) is 0 Å². The van der Waals surface area contributed by atoms with E-state index in [0.29, 0.717) is 23.2 Å². The van der Waals surface area contributed by atoms with Gasteiger partial charge in [-0.2, -0.15) is 0 Å². The van der Waals surface area contributed by atoms with Gasteiger partial charge in [-0.3, -0.25) is 4.98 Å². The normalized spacial score (nSPS) is 15.2. The fourth-order valence-electron chi connectivity index (χ4n) is 6.59. The van der Waals surface area contributed by atoms with Crippen molar-refractivity contribution in [3.05, 3.63) is 133 Å². The lowest BCUT2D eigenvalue weighted by Gasteiger charge is -2.44. The Kier molecular flexibility index (Phi) is 8.74. The number of ether oxygens (including phenoxy) is 1. The van der Waals surface area contributed by atoms with Crippen LogP contribution < -0.4 is 4.74 Å². The van der Waals surface area contributed by atoms with Crippen molar-refractivity contribution in [2.24, 2.45) is 5.41 Å². The molecule has 4 aromatic carbocycles. The van der Waals surface area contributed by atoms with Crippen LogP contribution in [0.15, 0.2) is 121 Å². The smallest absolute Gasteiger partial charge is 0.165 e. The highest BCUT2D eigenvalue weighted by molar-refractivity contribution is 5.69. The summed E-state index contributed by atoms with van der Waals surface area (Å²) >= 11 is 0. The van der Waals surface area contributed by atoms with Crippen LogP contribution in [0.4, 0.5) is 0 Å². The average molecular weight is 633 g/mol. The molecular formula is C43H44N4O. The third-order valence-electron chi connectivity index (χ3n) is 10.5. The Labute approximate surface area is 285 Å². The monoisotopic (exact) mass is 632 g/mol. The Morgan fingerprint density at radius 2 is 1.00 bits per heavy atom. The van der Waals surface area contributed by atoms with Crippen LogP contribution in [0, 0.1) is 5.41 Å². The van der Waals surface area contributed by atoms with Gasteiger partial charge in [0.2, 0.25) is 0 Å². The van der Waals surface area contributed by atoms with Gasteiger partial charge in [-0.1, -0.05) is 128 Å². The van der Waals surface area contributed by atoms with Gasteiger partial charge >= 0.3 is 0 Å². The maximum atomic E-state index is 6.11. The first-order valence-electron chi connectivity index (χ1n) is 16.8. The molecule has 7 rings (SSSR count). The fourth-order valence-corrected chi connectivity index (χ4v) is 6.59. The van der Waals surface area contributed by atoms with E-state index in [0.717, 1.165) is 33.7 Å². The number of aromatic nitrogens is 4. The summed E-state index contributed by atoms with van der Waals surface area (Å²) in [6, 6.07) is 38.5. The molecule has 0 amide bonds. The van der Waals surface area contributed by atoms with Crippen LogP contribution in [0.1, 0.15) is 66.5 Å². The molecule has 0 saturated heterocycles. The van der Waals surface area contributed by atoms with E-state index in [1.54, 1.807) is 0 Å². The van der Waals surface area contributed by atoms with Gasteiger partial charge in [0.25, 0.3) is 0 Å². The largest absolute Gasteiger partial charge is 0.457 e. The standard InChI is InChI=1S/C41H38N4O.C2H6/c1-39(2)33-22-20-28(25-34(33)40(3,4)41(39,5)6)35-23-21-30(26-42-35)38-44-36(27-14-9-7-10-15-27)43-37(45-38)29-16-13-19-32(24-29)46-31-17-11-8-12-18-31;1-2/h7-26H,1-6H3;1-2H3. The van der Waals surface area contributed by atoms with Gasteiger partial charge in [-0.05, 0) is 69.8 Å². The first-order valence-corrected chi connectivity index (χ1v) is 16.8. The molecule has 5 nitrogen and oxygen atoms in total. The predicted molar refractivity (Wildman–Crippen MR) is 197 cm³/mol. The number of hydrogen-bond acceptors (Lipinski definition) is 5. The highest BCUT2D eigenvalue weighted by Crippen LogP contribution is 2.61. The zero-order valence-electron chi connectivity index (χ0n) is 29.2. The minimum absolute atomic E-state index is 0.0281. The topological polar surface area (TPSA) is 60.8 Å². The molecule has 0 N–H and O–H groups in total. The highest BCUT2D eigenvalue weighted by Gasteiger charge is 2.56. The second-order valence-electron chi connectivity index (χ2n) is 13.7. The van der Waals surface area contributed by atoms with Crippen molar-refractivity contribution in [3.63, 3.8) is 0 Å². The van der Waals surface area contributed by atoms with Crippen LogP contribution >= 0.6 is 0 Å². The minimum Gasteiger partial charge on any atom is -0.457 e. The van der Waals surface area contributed by atoms with Crippen molar-refractivity contribution in [2.45, 2.75) is 66.2 Å². The van der Waals surface area contributed by atoms with Crippen molar-refractivity contribution in [1.29, 1.82) is 0 Å². The predicted octanol–water partition coefficient (Wildman–Crippen LogP) is 11.3. The molecule has 1 aliphatic carbocycles. The summed E-state index contributed by atoms with van der Waals surface area (Å²) < 4.78 is 6.11. The van der Waals surface area contributed by atoms with E-state index in [9.17, 15) is 0 Å². The highest BCUT2D eigenvalue weighted by atomic mass is 16.5. The van der Waals surface area contributed by atoms with E-state index in [1.165, 1.54) is 11.1 Å². The van der Waals surface area contributed by atoms with Crippen molar-refractivity contribution in [2.75, 3.05) is 0 Å². The van der Waals surface area contributed by atoms with Gasteiger partial charge in [-0.25, -0.2) is 15.0 Å². The molecule has 0 spiro atoms. The minimum atomic E-state index is 0.0281. The molecule has 48 heavy (non-hydrogen) atoms. The van der Waals surface area contributed by atoms with Gasteiger partial charge in [0.15, 0.2) is 17.5 Å². The molecule has 2 aromatic heterocycles. The number of fused-ring (bicyclic) bond motifs is 1. The van der Waals surface area contributed by atoms with E-state index in [1.807, 2.05) is 105 Å². The van der Waals surface area contributed by atoms with Crippen molar-refractivity contribution in [3.8, 4) is 56.9 Å². The molecule has 0 unspecified atom stereocenters. The molecule has 0 fully saturated rings. The quantitative estimate of drug-likeness (QED) is 0.183. The second kappa shape index (κ2) is 12.8. The van der Waals surface area contributed by atoms with E-state index in [2.05, 4.69) is 71.9 Å². The van der Waals surface area contributed by atoms with E-state index < -0.39 is 0 Å². The first kappa shape index (κ1) is 32.8. The maximum absolute atomic E-state index is 6.11. The van der Waals surface area contributed by atoms with Crippen LogP contribution in [-0.4, -0.2) is 19.9 Å². The summed E-state index contributed by atoms with van der Waals surface area (Å²) in [5, 5.41) is 0. The molecule has 0 atom stereocenters. The Hall–Kier alpha value is -5.16. The molecule has 0 aliphatic heterocycles. The molecule has 0 bridgehead atoms. The summed E-state index contributed by atoms with van der Waals surface area (Å²) in [5.74, 6) is 3.22. The number of nitrogens with zero attached hydrogens (tertiary/aromatic N) is 4. The van der Waals surface area contributed by atoms with Crippen molar-refractivity contribution < 1.29 is 4.74 Å². The third kappa shape index (κ3) is 5.79. The number of hydrogen-bond donors (Lipinski definition) is 0. The Bertz CT molecular complexity index is 2030. The second-order valence-corrected chi connectivity index (χ2v) is 13.7. The number of benzene rings is 4.